The van der Waals surface area contributed by atoms with E-state index in [-0.39, 0.29) is 12.5 Å². The fraction of sp³-hybridized carbons (Fsp3) is 0.353. The third-order valence-corrected chi connectivity index (χ3v) is 3.97. The lowest BCUT2D eigenvalue weighted by Crippen LogP contribution is -2.39. The van der Waals surface area contributed by atoms with Crippen LogP contribution in [0.4, 0.5) is 5.82 Å². The number of benzene rings is 1. The van der Waals surface area contributed by atoms with E-state index in [2.05, 4.69) is 5.16 Å². The zero-order valence-corrected chi connectivity index (χ0v) is 14.0. The number of nitrogens with zero attached hydrogens (tertiary/aromatic N) is 3. The molecule has 1 saturated heterocycles. The highest BCUT2D eigenvalue weighted by atomic mass is 16.5. The summed E-state index contributed by atoms with van der Waals surface area (Å²) in [7, 11) is 1.53. The van der Waals surface area contributed by atoms with Gasteiger partial charge >= 0.3 is 0 Å². The van der Waals surface area contributed by atoms with E-state index >= 15 is 0 Å². The lowest BCUT2D eigenvalue weighted by molar-refractivity contribution is -0.118. The predicted molar refractivity (Wildman–Crippen MR) is 91.1 cm³/mol. The van der Waals surface area contributed by atoms with Gasteiger partial charge in [0.15, 0.2) is 11.6 Å². The van der Waals surface area contributed by atoms with Crippen LogP contribution in [-0.2, 0) is 9.53 Å². The lowest BCUT2D eigenvalue weighted by atomic mass is 10.1. The molecule has 2 amide bonds. The van der Waals surface area contributed by atoms with Gasteiger partial charge in [0, 0.05) is 25.7 Å². The average molecular weight is 344 g/mol. The number of ether oxygens (including phenoxy) is 1. The van der Waals surface area contributed by atoms with E-state index in [0.717, 1.165) is 5.56 Å². The summed E-state index contributed by atoms with van der Waals surface area (Å²) in [6.45, 7) is 2.15. The second kappa shape index (κ2) is 7.35. The van der Waals surface area contributed by atoms with Crippen molar-refractivity contribution in [2.45, 2.75) is 0 Å². The van der Waals surface area contributed by atoms with Gasteiger partial charge in [-0.15, -0.1) is 0 Å². The summed E-state index contributed by atoms with van der Waals surface area (Å²) in [6.07, 6.45) is 0. The number of amides is 2. The summed E-state index contributed by atoms with van der Waals surface area (Å²) in [5.41, 5.74) is 6.29. The van der Waals surface area contributed by atoms with Crippen LogP contribution in [0.1, 0.15) is 10.4 Å². The Labute approximate surface area is 145 Å². The van der Waals surface area contributed by atoms with Crippen molar-refractivity contribution in [2.24, 2.45) is 5.73 Å². The number of rotatable bonds is 5. The van der Waals surface area contributed by atoms with Crippen molar-refractivity contribution in [1.82, 2.24) is 10.1 Å². The van der Waals surface area contributed by atoms with Crippen molar-refractivity contribution in [3.05, 3.63) is 35.9 Å². The topological polar surface area (TPSA) is 102 Å². The Bertz CT molecular complexity index is 753. The van der Waals surface area contributed by atoms with Crippen molar-refractivity contribution >= 4 is 17.6 Å². The summed E-state index contributed by atoms with van der Waals surface area (Å²) in [5, 5.41) is 4.13. The van der Waals surface area contributed by atoms with Crippen molar-refractivity contribution < 1.29 is 18.8 Å². The van der Waals surface area contributed by atoms with Gasteiger partial charge in [-0.2, -0.15) is 0 Å². The van der Waals surface area contributed by atoms with Gasteiger partial charge in [-0.05, 0) is 0 Å². The van der Waals surface area contributed by atoms with Crippen LogP contribution in [0.15, 0.2) is 34.9 Å². The molecule has 0 bridgehead atoms. The smallest absolute Gasteiger partial charge is 0.261 e. The molecule has 0 spiro atoms. The van der Waals surface area contributed by atoms with Gasteiger partial charge in [-0.3, -0.25) is 9.59 Å². The number of anilines is 1. The molecule has 1 aliphatic heterocycles. The Balaban J connectivity index is 2.03. The number of primary amides is 1. The maximum atomic E-state index is 13.0. The highest BCUT2D eigenvalue weighted by molar-refractivity contribution is 6.05. The first-order chi connectivity index (χ1) is 12.1. The first kappa shape index (κ1) is 17.0. The maximum Gasteiger partial charge on any atom is 0.261 e. The number of likely N-dealkylation sites (N-methyl/N-ethyl adjacent to an activating group) is 1. The molecule has 8 nitrogen and oxygen atoms in total. The number of aromatic nitrogens is 1. The Morgan fingerprint density at radius 1 is 1.24 bits per heavy atom. The second-order valence-corrected chi connectivity index (χ2v) is 5.80. The average Bonchev–Trinajstić information content (AvgIpc) is 3.07. The monoisotopic (exact) mass is 344 g/mol. The van der Waals surface area contributed by atoms with E-state index < -0.39 is 5.91 Å². The molecule has 3 rings (SSSR count). The molecular weight excluding hydrogens is 324 g/mol. The quantitative estimate of drug-likeness (QED) is 0.858. The molecule has 2 heterocycles. The molecule has 132 valence electrons. The molecule has 0 aliphatic carbocycles. The van der Waals surface area contributed by atoms with Crippen LogP contribution >= 0.6 is 0 Å². The van der Waals surface area contributed by atoms with Crippen molar-refractivity contribution in [2.75, 3.05) is 44.8 Å². The molecular formula is C17H20N4O4. The molecule has 0 radical (unpaired) electrons. The van der Waals surface area contributed by atoms with Gasteiger partial charge in [-0.1, -0.05) is 35.5 Å². The third kappa shape index (κ3) is 3.63. The summed E-state index contributed by atoms with van der Waals surface area (Å²) in [4.78, 5) is 27.4. The van der Waals surface area contributed by atoms with E-state index in [1.807, 2.05) is 35.2 Å². The molecule has 0 saturated carbocycles. The van der Waals surface area contributed by atoms with Gasteiger partial charge in [-0.25, -0.2) is 0 Å². The number of carbonyl (C=O) groups excluding carboxylic acids is 2. The van der Waals surface area contributed by atoms with Crippen molar-refractivity contribution in [3.8, 4) is 11.3 Å². The second-order valence-electron chi connectivity index (χ2n) is 5.80. The fourth-order valence-electron chi connectivity index (χ4n) is 2.75. The van der Waals surface area contributed by atoms with E-state index in [0.29, 0.717) is 43.4 Å². The van der Waals surface area contributed by atoms with Gasteiger partial charge in [0.25, 0.3) is 5.91 Å². The standard InChI is InChI=1S/C17H20N4O4/c1-20(11-13(18)22)17(23)14-15(12-5-3-2-4-6-12)25-19-16(14)21-7-9-24-10-8-21/h2-6H,7-11H2,1H3,(H2,18,22). The van der Waals surface area contributed by atoms with Gasteiger partial charge in [0.05, 0.1) is 19.8 Å². The van der Waals surface area contributed by atoms with E-state index in [1.54, 1.807) is 0 Å². The van der Waals surface area contributed by atoms with E-state index in [1.165, 1.54) is 11.9 Å². The highest BCUT2D eigenvalue weighted by Gasteiger charge is 2.30. The van der Waals surface area contributed by atoms with Crippen LogP contribution in [0.2, 0.25) is 0 Å². The Hall–Kier alpha value is -2.87. The van der Waals surface area contributed by atoms with E-state index in [4.69, 9.17) is 15.0 Å². The highest BCUT2D eigenvalue weighted by Crippen LogP contribution is 2.32. The summed E-state index contributed by atoms with van der Waals surface area (Å²) in [6, 6.07) is 9.27. The molecule has 25 heavy (non-hydrogen) atoms. The number of nitrogens with two attached hydrogens (primary N) is 1. The molecule has 0 atom stereocenters. The lowest BCUT2D eigenvalue weighted by Gasteiger charge is -2.27. The van der Waals surface area contributed by atoms with Crippen LogP contribution in [-0.4, -0.2) is 61.8 Å². The first-order valence-corrected chi connectivity index (χ1v) is 7.99. The van der Waals surface area contributed by atoms with Crippen LogP contribution in [0, 0.1) is 0 Å². The van der Waals surface area contributed by atoms with Crippen molar-refractivity contribution in [3.63, 3.8) is 0 Å². The van der Waals surface area contributed by atoms with Crippen LogP contribution in [0.25, 0.3) is 11.3 Å². The Kier molecular flexibility index (Phi) is 4.99. The minimum Gasteiger partial charge on any atom is -0.378 e. The minimum absolute atomic E-state index is 0.180. The molecule has 1 aliphatic rings. The van der Waals surface area contributed by atoms with E-state index in [9.17, 15) is 9.59 Å². The molecule has 8 heteroatoms. The number of hydrogen-bond acceptors (Lipinski definition) is 6. The maximum absolute atomic E-state index is 13.0. The number of hydrogen-bond donors (Lipinski definition) is 1. The summed E-state index contributed by atoms with van der Waals surface area (Å²) in [5.74, 6) is -0.103. The molecule has 1 fully saturated rings. The Morgan fingerprint density at radius 3 is 2.56 bits per heavy atom. The SMILES string of the molecule is CN(CC(N)=O)C(=O)c1c(N2CCOCC2)noc1-c1ccccc1. The zero-order valence-electron chi connectivity index (χ0n) is 14.0. The van der Waals surface area contributed by atoms with Gasteiger partial charge < -0.3 is 24.8 Å². The minimum atomic E-state index is -0.582. The predicted octanol–water partition coefficient (Wildman–Crippen LogP) is 0.736. The van der Waals surface area contributed by atoms with Crippen LogP contribution in [0.3, 0.4) is 0 Å². The first-order valence-electron chi connectivity index (χ1n) is 7.99. The largest absolute Gasteiger partial charge is 0.378 e. The molecule has 1 aromatic heterocycles. The fourth-order valence-corrected chi connectivity index (χ4v) is 2.75. The molecule has 0 unspecified atom stereocenters. The van der Waals surface area contributed by atoms with Crippen LogP contribution < -0.4 is 10.6 Å². The van der Waals surface area contributed by atoms with Crippen molar-refractivity contribution in [1.29, 1.82) is 0 Å². The third-order valence-electron chi connectivity index (χ3n) is 3.97. The van der Waals surface area contributed by atoms with Crippen LogP contribution in [0.5, 0.6) is 0 Å². The number of carbonyl (C=O) groups is 2. The Morgan fingerprint density at radius 2 is 1.92 bits per heavy atom. The molecule has 2 N–H and O–H groups in total. The summed E-state index contributed by atoms with van der Waals surface area (Å²) >= 11 is 0. The number of morpholine rings is 1. The molecule has 2 aromatic rings. The normalized spacial score (nSPS) is 14.4. The summed E-state index contributed by atoms with van der Waals surface area (Å²) < 4.78 is 10.9. The van der Waals surface area contributed by atoms with Gasteiger partial charge in [0.2, 0.25) is 5.91 Å². The zero-order chi connectivity index (χ0) is 17.8. The molecule has 1 aromatic carbocycles. The van der Waals surface area contributed by atoms with Gasteiger partial charge in [0.1, 0.15) is 5.56 Å².